The second-order valence-electron chi connectivity index (χ2n) is 36.9. The first-order valence-electron chi connectivity index (χ1n) is 37.1. The summed E-state index contributed by atoms with van der Waals surface area (Å²) in [6.07, 6.45) is 57.1. The summed E-state index contributed by atoms with van der Waals surface area (Å²) in [6.45, 7) is 70.9. The molecule has 2 N–H and O–H groups in total. The van der Waals surface area contributed by atoms with Crippen LogP contribution in [0.2, 0.25) is 0 Å². The molecule has 0 aromatic carbocycles. The number of carbonyl (C=O) groups is 1. The summed E-state index contributed by atoms with van der Waals surface area (Å²) in [4.78, 5) is 33.1. The number of esters is 1. The third-order valence-electron chi connectivity index (χ3n) is 16.1. The lowest BCUT2D eigenvalue weighted by Gasteiger charge is -2.30. The van der Waals surface area contributed by atoms with Gasteiger partial charge in [-0.1, -0.05) is 238 Å². The summed E-state index contributed by atoms with van der Waals surface area (Å²) in [5.41, 5.74) is 12.2. The fourth-order valence-corrected chi connectivity index (χ4v) is 10.8. The molecular weight excluding hydrogens is 1440 g/mol. The van der Waals surface area contributed by atoms with Crippen molar-refractivity contribution in [2.45, 2.75) is 269 Å². The zero-order valence-corrected chi connectivity index (χ0v) is 75.7. The van der Waals surface area contributed by atoms with Crippen molar-refractivity contribution in [3.8, 4) is 86.4 Å². The van der Waals surface area contributed by atoms with Gasteiger partial charge < -0.3 is 23.2 Å². The van der Waals surface area contributed by atoms with Crippen LogP contribution in [0.25, 0.3) is 12.2 Å². The van der Waals surface area contributed by atoms with Gasteiger partial charge >= 0.3 is 5.97 Å². The highest BCUT2D eigenvalue weighted by atomic mass is 32.1. The zero-order chi connectivity index (χ0) is 87.4. The molecule has 0 bridgehead atoms. The lowest BCUT2D eigenvalue weighted by molar-refractivity contribution is -0.149. The number of cyclic esters (lactones) is 1. The number of imidazole rings is 2. The minimum absolute atomic E-state index is 0.0125. The highest BCUT2D eigenvalue weighted by Gasteiger charge is 2.29. The Bertz CT molecular complexity index is 4650. The average molecular weight is 1570 g/mol. The predicted molar refractivity (Wildman–Crippen MR) is 471 cm³/mol. The molecule has 1 aliphatic rings. The summed E-state index contributed by atoms with van der Waals surface area (Å²) in [5, 5.41) is 19.7. The molecule has 0 saturated carbocycles. The van der Waals surface area contributed by atoms with E-state index < -0.39 is 0 Å². The number of nitrogens with one attached hydrogen (secondary N) is 2. The van der Waals surface area contributed by atoms with Crippen LogP contribution in [0.4, 0.5) is 0 Å². The molecule has 1 aliphatic heterocycles. The maximum Gasteiger partial charge on any atom is 0.330 e. The van der Waals surface area contributed by atoms with E-state index in [1.807, 2.05) is 61.1 Å². The molecule has 20 heteroatoms. The molecule has 9 aromatic heterocycles. The topological polar surface area (TPSA) is 215 Å². The van der Waals surface area contributed by atoms with E-state index in [4.69, 9.17) is 58.6 Å². The van der Waals surface area contributed by atoms with Gasteiger partial charge in [-0.25, -0.2) is 24.7 Å². The quantitative estimate of drug-likeness (QED) is 0.122. The molecule has 10 heterocycles. The van der Waals surface area contributed by atoms with Crippen molar-refractivity contribution in [3.05, 3.63) is 181 Å². The van der Waals surface area contributed by atoms with Gasteiger partial charge in [0.05, 0.1) is 23.3 Å². The van der Waals surface area contributed by atoms with E-state index in [-0.39, 0.29) is 66.2 Å². The number of rotatable bonds is 2. The molecule has 0 spiro atoms. The largest absolute Gasteiger partial charge is 0.458 e. The predicted octanol–water partition coefficient (Wildman–Crippen LogP) is 20.5. The first-order chi connectivity index (χ1) is 51.6. The van der Waals surface area contributed by atoms with Crippen molar-refractivity contribution in [2.75, 3.05) is 0 Å². The van der Waals surface area contributed by atoms with Crippen LogP contribution in [0.3, 0.4) is 0 Å². The average Bonchev–Trinajstić information content (AvgIpc) is 1.70. The summed E-state index contributed by atoms with van der Waals surface area (Å²) < 4.78 is 24.6. The molecule has 1 unspecified atom stereocenters. The molecule has 1 atom stereocenters. The Morgan fingerprint density at radius 2 is 1.13 bits per heavy atom. The lowest BCUT2D eigenvalue weighted by atomic mass is 9.86. The van der Waals surface area contributed by atoms with Crippen LogP contribution in [-0.4, -0.2) is 80.8 Å². The monoisotopic (exact) mass is 1570 g/mol. The van der Waals surface area contributed by atoms with E-state index in [0.29, 0.717) is 28.9 Å². The van der Waals surface area contributed by atoms with Crippen LogP contribution in [0.15, 0.2) is 89.9 Å². The van der Waals surface area contributed by atoms with Gasteiger partial charge in [-0.2, -0.15) is 19.7 Å². The number of ether oxygens (including phenoxy) is 1. The Kier molecular flexibility index (Phi) is 37.5. The third kappa shape index (κ3) is 34.9. The maximum atomic E-state index is 10.8. The second kappa shape index (κ2) is 42.3. The SMILES string of the molecule is C#Cc1[nH]ncc1C(C)(C)C.C#Cc1cc(C(C)(C)C)n(C)n1.C#Cc1nc(C(C)(C)C)cn1C.C#Cc1nc(C(C)(C)C)co1.C#Cc1ncc(C(C)(C)C)[nH]1.C#Cc1nn(C)cc1C(C)(C)C.C#Cc1nocc1C(C)(C)C.C=Cc1cc(C(C)(C)C)sn1.C=Cc1ncc(C(C)(C)C)s1.CC(C)(C)C1CC=CC(=O)O1. The standard InChI is InChI=1S/3C10H14N2.2C9H12N2.2C9H11NO.2C9H13NS.C9H14O2/c1-6-9-11-8(7-12(9)5)10(2,3)4;1-6-9-8(10(2,3)4)7-12(5)11-9;1-6-8-7-9(10(2,3)4)12(5)11-8;1-5-8-10-6-7(11-8)9(2,3)4;1-5-8-7(6-10-11-8)9(2,3)4;1-5-8-10-7(6-11-8)9(2,3)4;1-5-8-7(6-11-10-8)9(2,3)4;1-5-8-10-6-7(11-8)9(2,3)4;1-5-7-6-8(11-10-7)9(2,3)4;1-9(2,3)7-5-4-6-8(10)11-7/h3*1,7H,2-5H3;2*1,6H,2-4H3,(H,10,11);2*1,6H,2-4H3;2*5-6H,1H2,2-4H3;4,6-7H,5H2,1-3H3. The zero-order valence-electron chi connectivity index (χ0n) is 74.1. The van der Waals surface area contributed by atoms with Crippen molar-refractivity contribution >= 4 is 41.0 Å². The van der Waals surface area contributed by atoms with E-state index >= 15 is 0 Å². The van der Waals surface area contributed by atoms with Gasteiger partial charge in [0.2, 0.25) is 0 Å². The fraction of sp³-hybridized carbons (Fsp3) is 0.484. The van der Waals surface area contributed by atoms with Crippen molar-refractivity contribution in [3.63, 3.8) is 0 Å². The number of carbonyl (C=O) groups excluding carboxylic acids is 1. The summed E-state index contributed by atoms with van der Waals surface area (Å²) in [7, 11) is 5.72. The molecule has 10 rings (SSSR count). The molecular formula is C93H128N14O4S2. The molecule has 0 aliphatic carbocycles. The molecule has 113 heavy (non-hydrogen) atoms. The van der Waals surface area contributed by atoms with E-state index in [9.17, 15) is 4.79 Å². The highest BCUT2D eigenvalue weighted by Crippen LogP contribution is 2.32. The van der Waals surface area contributed by atoms with E-state index in [1.54, 1.807) is 64.6 Å². The Hall–Kier alpha value is -10.7. The first-order valence-corrected chi connectivity index (χ1v) is 38.6. The number of terminal acetylenes is 7. The van der Waals surface area contributed by atoms with E-state index in [2.05, 4.69) is 323 Å². The Labute approximate surface area is 687 Å². The van der Waals surface area contributed by atoms with Crippen molar-refractivity contribution in [1.29, 1.82) is 0 Å². The van der Waals surface area contributed by atoms with E-state index in [0.717, 1.165) is 68.0 Å². The number of aromatic nitrogens is 14. The molecule has 0 amide bonds. The molecule has 0 fully saturated rings. The van der Waals surface area contributed by atoms with Crippen LogP contribution < -0.4 is 0 Å². The number of nitrogens with zero attached hydrogens (tertiary/aromatic N) is 12. The first kappa shape index (κ1) is 100. The molecule has 606 valence electrons. The smallest absolute Gasteiger partial charge is 0.330 e. The number of oxazole rings is 1. The van der Waals surface area contributed by atoms with Gasteiger partial charge in [-0.15, -0.1) is 56.3 Å². The van der Waals surface area contributed by atoms with Crippen LogP contribution in [0.5, 0.6) is 0 Å². The Balaban J connectivity index is 0.000000628. The molecule has 9 aromatic rings. The summed E-state index contributed by atoms with van der Waals surface area (Å²) in [6, 6.07) is 4.05. The van der Waals surface area contributed by atoms with Crippen LogP contribution in [0, 0.1) is 91.8 Å². The molecule has 0 saturated heterocycles. The highest BCUT2D eigenvalue weighted by molar-refractivity contribution is 7.12. The third-order valence-corrected chi connectivity index (χ3v) is 18.8. The second-order valence-corrected chi connectivity index (χ2v) is 38.7. The summed E-state index contributed by atoms with van der Waals surface area (Å²) >= 11 is 3.27. The Morgan fingerprint density at radius 1 is 0.558 bits per heavy atom. The van der Waals surface area contributed by atoms with Gasteiger partial charge in [0.25, 0.3) is 5.89 Å². The van der Waals surface area contributed by atoms with Crippen molar-refractivity contribution < 1.29 is 18.5 Å². The van der Waals surface area contributed by atoms with Crippen LogP contribution in [0.1, 0.15) is 314 Å². The van der Waals surface area contributed by atoms with Crippen molar-refractivity contribution in [2.24, 2.45) is 26.6 Å². The molecule has 0 radical (unpaired) electrons. The number of thiazole rings is 1. The van der Waals surface area contributed by atoms with E-state index in [1.165, 1.54) is 15.8 Å². The van der Waals surface area contributed by atoms with Crippen LogP contribution in [-0.2, 0) is 79.4 Å². The van der Waals surface area contributed by atoms with Gasteiger partial charge in [0.15, 0.2) is 17.3 Å². The number of H-pyrrole nitrogens is 2. The Morgan fingerprint density at radius 3 is 1.43 bits per heavy atom. The number of aryl methyl sites for hydroxylation is 3. The van der Waals surface area contributed by atoms with Gasteiger partial charge in [-0.05, 0) is 104 Å². The maximum absolute atomic E-state index is 10.8. The lowest BCUT2D eigenvalue weighted by Crippen LogP contribution is -2.32. The van der Waals surface area contributed by atoms with Gasteiger partial charge in [0.1, 0.15) is 40.7 Å². The van der Waals surface area contributed by atoms with Gasteiger partial charge in [0, 0.05) is 118 Å². The minimum Gasteiger partial charge on any atom is -0.458 e. The number of aromatic amines is 2. The minimum atomic E-state index is -0.212. The normalized spacial score (nSPS) is 12.6. The van der Waals surface area contributed by atoms with Crippen molar-refractivity contribution in [1.82, 2.24) is 68.8 Å². The number of hydrogen-bond acceptors (Lipinski definition) is 15. The summed E-state index contributed by atoms with van der Waals surface area (Å²) in [5.74, 6) is 18.9. The number of hydrogen-bond donors (Lipinski definition) is 2. The van der Waals surface area contributed by atoms with Crippen LogP contribution >= 0.6 is 22.9 Å². The van der Waals surface area contributed by atoms with Gasteiger partial charge in [-0.3, -0.25) is 14.5 Å². The fourth-order valence-electron chi connectivity index (χ4n) is 9.16. The molecule has 18 nitrogen and oxygen atoms in total.